The topological polar surface area (TPSA) is 63.2 Å². The van der Waals surface area contributed by atoms with Gasteiger partial charge < -0.3 is 23.5 Å². The van der Waals surface area contributed by atoms with Gasteiger partial charge in [-0.05, 0) is 75.3 Å². The number of hydrogen-bond donors (Lipinski definition) is 0. The predicted molar refractivity (Wildman–Crippen MR) is 125 cm³/mol. The summed E-state index contributed by atoms with van der Waals surface area (Å²) in [6.45, 7) is 8.39. The van der Waals surface area contributed by atoms with Gasteiger partial charge in [0.2, 0.25) is 0 Å². The average Bonchev–Trinajstić information content (AvgIpc) is 3.42. The first-order valence-electron chi connectivity index (χ1n) is 11.8. The van der Waals surface area contributed by atoms with Gasteiger partial charge in [0.25, 0.3) is 0 Å². The van der Waals surface area contributed by atoms with Crippen molar-refractivity contribution >= 4 is 18.6 Å². The molecule has 34 heavy (non-hydrogen) atoms. The maximum atomic E-state index is 14.7. The van der Waals surface area contributed by atoms with E-state index in [1.165, 1.54) is 13.2 Å². The molecule has 6 nitrogen and oxygen atoms in total. The van der Waals surface area contributed by atoms with E-state index >= 15 is 0 Å². The molecule has 2 aromatic rings. The van der Waals surface area contributed by atoms with Gasteiger partial charge in [0.1, 0.15) is 23.4 Å². The first-order chi connectivity index (χ1) is 16.1. The molecule has 0 unspecified atom stereocenters. The number of methoxy groups -OCH3 is 1. The molecule has 2 atom stereocenters. The molecular formula is C26H30BFO6. The normalized spacial score (nSPS) is 23.9. The van der Waals surface area contributed by atoms with E-state index in [2.05, 4.69) is 0 Å². The zero-order valence-corrected chi connectivity index (χ0v) is 20.3. The molecule has 2 aliphatic heterocycles. The third-order valence-corrected chi connectivity index (χ3v) is 7.58. The van der Waals surface area contributed by atoms with Gasteiger partial charge in [0, 0.05) is 17.5 Å². The Bertz CT molecular complexity index is 1110. The van der Waals surface area contributed by atoms with Crippen LogP contribution in [0.25, 0.3) is 0 Å². The average molecular weight is 468 g/mol. The monoisotopic (exact) mass is 468 g/mol. The van der Waals surface area contributed by atoms with Gasteiger partial charge in [-0.2, -0.15) is 0 Å². The van der Waals surface area contributed by atoms with E-state index in [0.717, 1.165) is 35.0 Å². The van der Waals surface area contributed by atoms with Gasteiger partial charge in [0.15, 0.2) is 0 Å². The quantitative estimate of drug-likeness (QED) is 0.484. The summed E-state index contributed by atoms with van der Waals surface area (Å²) in [4.78, 5) is 11.7. The van der Waals surface area contributed by atoms with Crippen LogP contribution in [0.4, 0.5) is 4.39 Å². The van der Waals surface area contributed by atoms with Crippen molar-refractivity contribution in [3.8, 4) is 11.5 Å². The summed E-state index contributed by atoms with van der Waals surface area (Å²) >= 11 is 0. The maximum absolute atomic E-state index is 14.7. The van der Waals surface area contributed by atoms with Gasteiger partial charge in [-0.25, -0.2) is 4.39 Å². The van der Waals surface area contributed by atoms with Crippen LogP contribution < -0.4 is 14.9 Å². The van der Waals surface area contributed by atoms with Gasteiger partial charge in [0.05, 0.1) is 31.3 Å². The van der Waals surface area contributed by atoms with Crippen molar-refractivity contribution in [2.75, 3.05) is 13.7 Å². The van der Waals surface area contributed by atoms with Crippen LogP contribution in [0.15, 0.2) is 30.3 Å². The second-order valence-corrected chi connectivity index (χ2v) is 10.3. The number of rotatable bonds is 5. The van der Waals surface area contributed by atoms with Crippen LogP contribution in [0.2, 0.25) is 0 Å². The second-order valence-electron chi connectivity index (χ2n) is 10.3. The van der Waals surface area contributed by atoms with Crippen molar-refractivity contribution in [1.29, 1.82) is 0 Å². The molecule has 1 saturated heterocycles. The molecule has 8 heteroatoms. The van der Waals surface area contributed by atoms with Gasteiger partial charge >= 0.3 is 13.1 Å². The number of carbonyl (C=O) groups is 1. The second kappa shape index (κ2) is 8.27. The summed E-state index contributed by atoms with van der Waals surface area (Å²) < 4.78 is 44.0. The third-order valence-electron chi connectivity index (χ3n) is 7.58. The molecule has 0 aromatic heterocycles. The predicted octanol–water partition coefficient (Wildman–Crippen LogP) is 4.23. The van der Waals surface area contributed by atoms with E-state index in [0.29, 0.717) is 18.1 Å². The van der Waals surface area contributed by atoms with Crippen LogP contribution >= 0.6 is 0 Å². The number of fused-ring (bicyclic) bond motifs is 2. The van der Waals surface area contributed by atoms with E-state index in [1.807, 2.05) is 45.9 Å². The SMILES string of the molecule is COC(=O)C[C@@H]1COc2cc(O[C@@H]3CCc4c(B5OC(C)(C)C(C)(C)O5)cc(F)cc43)ccc21. The lowest BCUT2D eigenvalue weighted by Crippen LogP contribution is -2.41. The fraction of sp³-hybridized carbons (Fsp3) is 0.500. The largest absolute Gasteiger partial charge is 0.495 e. The van der Waals surface area contributed by atoms with E-state index in [4.69, 9.17) is 23.5 Å². The highest BCUT2D eigenvalue weighted by atomic mass is 19.1. The number of benzene rings is 2. The van der Waals surface area contributed by atoms with Crippen molar-refractivity contribution < 1.29 is 32.7 Å². The van der Waals surface area contributed by atoms with Crippen molar-refractivity contribution in [3.05, 3.63) is 52.8 Å². The number of ether oxygens (including phenoxy) is 3. The lowest BCUT2D eigenvalue weighted by atomic mass is 9.75. The Morgan fingerprint density at radius 2 is 1.85 bits per heavy atom. The zero-order chi connectivity index (χ0) is 24.3. The van der Waals surface area contributed by atoms with Crippen molar-refractivity contribution in [3.63, 3.8) is 0 Å². The van der Waals surface area contributed by atoms with Crippen LogP contribution in [0.5, 0.6) is 11.5 Å². The summed E-state index contributed by atoms with van der Waals surface area (Å²) in [6, 6.07) is 8.73. The molecule has 0 saturated carbocycles. The third kappa shape index (κ3) is 3.97. The van der Waals surface area contributed by atoms with Crippen LogP contribution in [0.1, 0.15) is 69.2 Å². The smallest absolute Gasteiger partial charge is 0.492 e. The molecule has 0 spiro atoms. The molecule has 180 valence electrons. The molecule has 0 N–H and O–H groups in total. The molecule has 1 fully saturated rings. The highest BCUT2D eigenvalue weighted by molar-refractivity contribution is 6.62. The Balaban J connectivity index is 1.37. The molecule has 2 heterocycles. The van der Waals surface area contributed by atoms with Crippen LogP contribution in [0.3, 0.4) is 0 Å². The van der Waals surface area contributed by atoms with Gasteiger partial charge in [-0.15, -0.1) is 0 Å². The molecular weight excluding hydrogens is 438 g/mol. The fourth-order valence-corrected chi connectivity index (χ4v) is 4.94. The standard InChI is InChI=1S/C26H30BFO6/c1-25(2)26(3,4)34-27(33-25)21-12-16(28)11-20-19(21)8-9-22(20)32-17-6-7-18-15(10-24(29)30-5)14-31-23(18)13-17/h6-7,11-13,15,22H,8-10,14H2,1-5H3/t15-,22-/m1/s1. The lowest BCUT2D eigenvalue weighted by molar-refractivity contribution is -0.141. The van der Waals surface area contributed by atoms with Crippen LogP contribution in [-0.2, 0) is 25.3 Å². The Kier molecular flexibility index (Phi) is 5.64. The molecule has 0 radical (unpaired) electrons. The van der Waals surface area contributed by atoms with E-state index in [1.54, 1.807) is 6.07 Å². The van der Waals surface area contributed by atoms with Gasteiger partial charge in [-0.3, -0.25) is 4.79 Å². The minimum absolute atomic E-state index is 0.0275. The number of halogens is 1. The minimum atomic E-state index is -0.617. The molecule has 0 amide bonds. The van der Waals surface area contributed by atoms with Crippen LogP contribution in [-0.4, -0.2) is 38.0 Å². The fourth-order valence-electron chi connectivity index (χ4n) is 4.94. The number of carbonyl (C=O) groups excluding carboxylic acids is 1. The maximum Gasteiger partial charge on any atom is 0.495 e. The Hall–Kier alpha value is -2.58. The first kappa shape index (κ1) is 23.2. The highest BCUT2D eigenvalue weighted by Crippen LogP contribution is 2.42. The molecule has 2 aromatic carbocycles. The molecule has 3 aliphatic rings. The summed E-state index contributed by atoms with van der Waals surface area (Å²) in [7, 11) is 0.768. The Morgan fingerprint density at radius 3 is 2.56 bits per heavy atom. The van der Waals surface area contributed by atoms with Gasteiger partial charge in [-0.1, -0.05) is 6.07 Å². The minimum Gasteiger partial charge on any atom is -0.492 e. The number of esters is 1. The first-order valence-corrected chi connectivity index (χ1v) is 11.8. The van der Waals surface area contributed by atoms with Crippen molar-refractivity contribution in [2.24, 2.45) is 0 Å². The highest BCUT2D eigenvalue weighted by Gasteiger charge is 2.52. The zero-order valence-electron chi connectivity index (χ0n) is 20.3. The lowest BCUT2D eigenvalue weighted by Gasteiger charge is -2.32. The molecule has 0 bridgehead atoms. The van der Waals surface area contributed by atoms with Crippen molar-refractivity contribution in [2.45, 2.75) is 70.2 Å². The van der Waals surface area contributed by atoms with Crippen LogP contribution in [0, 0.1) is 5.82 Å². The summed E-state index contributed by atoms with van der Waals surface area (Å²) in [5.74, 6) is 0.741. The Morgan fingerprint density at radius 1 is 1.12 bits per heavy atom. The van der Waals surface area contributed by atoms with Crippen molar-refractivity contribution in [1.82, 2.24) is 0 Å². The Labute approximate surface area is 199 Å². The van der Waals surface area contributed by atoms with E-state index in [9.17, 15) is 9.18 Å². The summed E-state index contributed by atoms with van der Waals surface area (Å²) in [5, 5.41) is 0. The number of hydrogen-bond acceptors (Lipinski definition) is 6. The van der Waals surface area contributed by atoms with E-state index < -0.39 is 18.3 Å². The van der Waals surface area contributed by atoms with E-state index in [-0.39, 0.29) is 30.2 Å². The summed E-state index contributed by atoms with van der Waals surface area (Å²) in [6.07, 6.45) is 1.48. The molecule has 5 rings (SSSR count). The summed E-state index contributed by atoms with van der Waals surface area (Å²) in [5.41, 5.74) is 2.57. The molecule has 1 aliphatic carbocycles.